The van der Waals surface area contributed by atoms with Gasteiger partial charge in [0.2, 0.25) is 0 Å². The second kappa shape index (κ2) is 10.2. The maximum absolute atomic E-state index is 10.9. The van der Waals surface area contributed by atoms with Gasteiger partial charge in [-0.15, -0.1) is 10.2 Å². The number of nitrogens with zero attached hydrogens (tertiary/aromatic N) is 3. The van der Waals surface area contributed by atoms with Crippen LogP contribution in [0.3, 0.4) is 0 Å². The van der Waals surface area contributed by atoms with Gasteiger partial charge in [0.25, 0.3) is 0 Å². The maximum atomic E-state index is 10.9. The Labute approximate surface area is 203 Å². The summed E-state index contributed by atoms with van der Waals surface area (Å²) in [4.78, 5) is 13.1. The highest BCUT2D eigenvalue weighted by Gasteiger charge is 2.22. The average molecular weight is 486 g/mol. The summed E-state index contributed by atoms with van der Waals surface area (Å²) in [7, 11) is 0. The van der Waals surface area contributed by atoms with Crippen LogP contribution in [0.5, 0.6) is 5.75 Å². The predicted molar refractivity (Wildman–Crippen MR) is 132 cm³/mol. The summed E-state index contributed by atoms with van der Waals surface area (Å²) in [6.45, 7) is 8.37. The van der Waals surface area contributed by atoms with E-state index in [0.29, 0.717) is 17.3 Å². The molecule has 0 atom stereocenters. The molecule has 0 fully saturated rings. The van der Waals surface area contributed by atoms with Crippen molar-refractivity contribution in [2.45, 2.75) is 52.7 Å². The molecule has 1 N–H and O–H groups in total. The third-order valence-corrected chi connectivity index (χ3v) is 7.09. The average Bonchev–Trinajstić information content (AvgIpc) is 3.27. The van der Waals surface area contributed by atoms with Crippen molar-refractivity contribution in [1.82, 2.24) is 15.1 Å². The van der Waals surface area contributed by atoms with Gasteiger partial charge in [-0.25, -0.2) is 0 Å². The molecule has 2 heterocycles. The van der Waals surface area contributed by atoms with Gasteiger partial charge in [0.05, 0.1) is 17.5 Å². The Morgan fingerprint density at radius 3 is 2.73 bits per heavy atom. The number of ether oxygens (including phenoxy) is 1. The molecule has 8 heteroatoms. The predicted octanol–water partition coefficient (Wildman–Crippen LogP) is 5.71. The zero-order valence-electron chi connectivity index (χ0n) is 19.1. The van der Waals surface area contributed by atoms with Crippen LogP contribution < -0.4 is 4.74 Å². The summed E-state index contributed by atoms with van der Waals surface area (Å²) in [6, 6.07) is 10.0. The molecule has 4 rings (SSSR count). The zero-order chi connectivity index (χ0) is 23.5. The van der Waals surface area contributed by atoms with E-state index >= 15 is 0 Å². The molecule has 3 aromatic rings. The summed E-state index contributed by atoms with van der Waals surface area (Å²) in [5, 5.41) is 20.2. The Hall–Kier alpha value is -2.48. The fourth-order valence-electron chi connectivity index (χ4n) is 4.27. The van der Waals surface area contributed by atoms with Crippen LogP contribution in [-0.4, -0.2) is 45.4 Å². The first kappa shape index (κ1) is 23.7. The molecule has 0 spiro atoms. The second-order valence-corrected chi connectivity index (χ2v) is 9.86. The smallest absolute Gasteiger partial charge is 0.304 e. The highest BCUT2D eigenvalue weighted by molar-refractivity contribution is 7.17. The molecule has 2 aromatic carbocycles. The van der Waals surface area contributed by atoms with E-state index in [-0.39, 0.29) is 12.5 Å². The first-order chi connectivity index (χ1) is 15.9. The molecule has 174 valence electrons. The van der Waals surface area contributed by atoms with E-state index in [9.17, 15) is 4.79 Å². The highest BCUT2D eigenvalue weighted by atomic mass is 35.5. The topological polar surface area (TPSA) is 75.6 Å². The van der Waals surface area contributed by atoms with Crippen LogP contribution >= 0.6 is 22.9 Å². The molecule has 0 unspecified atom stereocenters. The fourth-order valence-corrected chi connectivity index (χ4v) is 5.39. The van der Waals surface area contributed by atoms with Crippen LogP contribution in [0.4, 0.5) is 0 Å². The third-order valence-electron chi connectivity index (χ3n) is 5.79. The number of carboxylic acids is 1. The van der Waals surface area contributed by atoms with E-state index in [2.05, 4.69) is 34.2 Å². The number of benzene rings is 2. The lowest BCUT2D eigenvalue weighted by Crippen LogP contribution is -2.33. The van der Waals surface area contributed by atoms with Gasteiger partial charge in [-0.3, -0.25) is 9.69 Å². The maximum Gasteiger partial charge on any atom is 0.304 e. The molecule has 1 aliphatic heterocycles. The van der Waals surface area contributed by atoms with Gasteiger partial charge in [-0.1, -0.05) is 42.0 Å². The quantitative estimate of drug-likeness (QED) is 0.440. The molecular formula is C25H28ClN3O3S. The van der Waals surface area contributed by atoms with Crippen LogP contribution in [0.25, 0.3) is 21.1 Å². The molecule has 0 radical (unpaired) electrons. The molecule has 33 heavy (non-hydrogen) atoms. The minimum atomic E-state index is -0.749. The normalized spacial score (nSPS) is 13.8. The number of carboxylic acid groups (broad SMARTS) is 1. The Kier molecular flexibility index (Phi) is 7.32. The lowest BCUT2D eigenvalue weighted by molar-refractivity contribution is -0.137. The first-order valence-electron chi connectivity index (χ1n) is 11.2. The number of halogens is 1. The van der Waals surface area contributed by atoms with E-state index in [1.54, 1.807) is 11.3 Å². The molecule has 0 saturated heterocycles. The lowest BCUT2D eigenvalue weighted by atomic mass is 9.89. The third kappa shape index (κ3) is 5.37. The molecule has 0 saturated carbocycles. The number of hydrogen-bond donors (Lipinski definition) is 1. The Balaban J connectivity index is 1.59. The van der Waals surface area contributed by atoms with E-state index in [4.69, 9.17) is 21.4 Å². The van der Waals surface area contributed by atoms with Gasteiger partial charge in [0.15, 0.2) is 0 Å². The Morgan fingerprint density at radius 2 is 2.03 bits per heavy atom. The van der Waals surface area contributed by atoms with E-state index in [1.807, 2.05) is 32.0 Å². The van der Waals surface area contributed by atoms with Crippen molar-refractivity contribution < 1.29 is 14.6 Å². The summed E-state index contributed by atoms with van der Waals surface area (Å²) >= 11 is 7.98. The molecular weight excluding hydrogens is 458 g/mol. The van der Waals surface area contributed by atoms with Gasteiger partial charge in [-0.05, 0) is 61.6 Å². The van der Waals surface area contributed by atoms with Crippen molar-refractivity contribution in [2.75, 3.05) is 13.1 Å². The van der Waals surface area contributed by atoms with Crippen molar-refractivity contribution in [3.05, 3.63) is 52.0 Å². The number of rotatable bonds is 8. The van der Waals surface area contributed by atoms with Gasteiger partial charge >= 0.3 is 5.97 Å². The SMILES string of the molecule is CCc1c(-c2nnc(-c3ccc(OC(C)C)c(Cl)c3)s2)ccc2c1CCN(CCC(=O)O)C2. The van der Waals surface area contributed by atoms with E-state index < -0.39 is 5.97 Å². The summed E-state index contributed by atoms with van der Waals surface area (Å²) in [6.07, 6.45) is 2.07. The first-order valence-corrected chi connectivity index (χ1v) is 12.4. The summed E-state index contributed by atoms with van der Waals surface area (Å²) in [5.41, 5.74) is 6.02. The van der Waals surface area contributed by atoms with Gasteiger partial charge in [-0.2, -0.15) is 0 Å². The van der Waals surface area contributed by atoms with Gasteiger partial charge < -0.3 is 9.84 Å². The molecule has 1 aliphatic rings. The summed E-state index contributed by atoms with van der Waals surface area (Å²) in [5.74, 6) is -0.0821. The molecule has 6 nitrogen and oxygen atoms in total. The lowest BCUT2D eigenvalue weighted by Gasteiger charge is -2.30. The second-order valence-electron chi connectivity index (χ2n) is 8.48. The molecule has 0 aliphatic carbocycles. The Bertz CT molecular complexity index is 1160. The largest absolute Gasteiger partial charge is 0.489 e. The minimum absolute atomic E-state index is 0.0576. The standard InChI is InChI=1S/C25H28ClN3O3S/c1-4-18-19-9-11-29(12-10-23(30)31)14-17(19)5-7-20(18)25-28-27-24(33-25)16-6-8-22(21(26)13-16)32-15(2)3/h5-8,13,15H,4,9-12,14H2,1-3H3,(H,30,31). The fraction of sp³-hybridized carbons (Fsp3) is 0.400. The van der Waals surface area contributed by atoms with Crippen molar-refractivity contribution in [3.63, 3.8) is 0 Å². The molecule has 0 amide bonds. The van der Waals surface area contributed by atoms with Crippen LogP contribution in [0.2, 0.25) is 5.02 Å². The van der Waals surface area contributed by atoms with Crippen LogP contribution in [0, 0.1) is 0 Å². The number of fused-ring (bicyclic) bond motifs is 1. The summed E-state index contributed by atoms with van der Waals surface area (Å²) < 4.78 is 5.73. The van der Waals surface area contributed by atoms with Crippen molar-refractivity contribution in [2.24, 2.45) is 0 Å². The van der Waals surface area contributed by atoms with Crippen LogP contribution in [-0.2, 0) is 24.2 Å². The Morgan fingerprint density at radius 1 is 1.24 bits per heavy atom. The van der Waals surface area contributed by atoms with Crippen molar-refractivity contribution in [3.8, 4) is 26.9 Å². The number of hydrogen-bond acceptors (Lipinski definition) is 6. The number of aliphatic carboxylic acids is 1. The van der Waals surface area contributed by atoms with E-state index in [1.165, 1.54) is 16.7 Å². The molecule has 0 bridgehead atoms. The zero-order valence-corrected chi connectivity index (χ0v) is 20.7. The van der Waals surface area contributed by atoms with Crippen molar-refractivity contribution >= 4 is 28.9 Å². The van der Waals surface area contributed by atoms with Crippen LogP contribution in [0.1, 0.15) is 43.9 Å². The number of aromatic nitrogens is 2. The van der Waals surface area contributed by atoms with Crippen molar-refractivity contribution in [1.29, 1.82) is 0 Å². The number of carbonyl (C=O) groups is 1. The van der Waals surface area contributed by atoms with Gasteiger partial charge in [0.1, 0.15) is 15.8 Å². The monoisotopic (exact) mass is 485 g/mol. The van der Waals surface area contributed by atoms with Crippen LogP contribution in [0.15, 0.2) is 30.3 Å². The minimum Gasteiger partial charge on any atom is -0.489 e. The van der Waals surface area contributed by atoms with E-state index in [0.717, 1.165) is 47.1 Å². The molecule has 1 aromatic heterocycles. The van der Waals surface area contributed by atoms with Gasteiger partial charge in [0, 0.05) is 30.8 Å². The highest BCUT2D eigenvalue weighted by Crippen LogP contribution is 2.37.